The maximum atomic E-state index is 14.4. The molecule has 0 radical (unpaired) electrons. The molecule has 0 N–H and O–H groups in total. The van der Waals surface area contributed by atoms with E-state index in [2.05, 4.69) is 18.9 Å². The smallest absolute Gasteiger partial charge is 0.319 e. The Hall–Kier alpha value is -3.22. The number of nitrogens with zero attached hydrogens (tertiary/aromatic N) is 5. The van der Waals surface area contributed by atoms with Gasteiger partial charge in [0.2, 0.25) is 0 Å². The van der Waals surface area contributed by atoms with E-state index in [1.807, 2.05) is 24.3 Å². The molecule has 9 heteroatoms. The van der Waals surface area contributed by atoms with Gasteiger partial charge in [-0.25, -0.2) is 13.9 Å². The number of likely N-dealkylation sites (N-methyl/N-ethyl adjacent to an activating group) is 1. The van der Waals surface area contributed by atoms with Gasteiger partial charge in [-0.1, -0.05) is 0 Å². The van der Waals surface area contributed by atoms with E-state index in [9.17, 15) is 13.8 Å². The summed E-state index contributed by atoms with van der Waals surface area (Å²) in [6, 6.07) is 10.9. The SMILES string of the molecule is Cc1cc(-n2nc3c(c2-n2ccn(-c4ccc(P(C)(C)=O)cc4)c2=O)C(C)N(C)CC3)cc(C)c1F. The number of aryl methyl sites for hydroxylation is 2. The van der Waals surface area contributed by atoms with E-state index in [4.69, 9.17) is 5.10 Å². The van der Waals surface area contributed by atoms with Crippen molar-refractivity contribution in [3.63, 3.8) is 0 Å². The number of fused-ring (bicyclic) bond motifs is 1. The first-order valence-corrected chi connectivity index (χ1v) is 14.6. The molecule has 7 nitrogen and oxygen atoms in total. The highest BCUT2D eigenvalue weighted by molar-refractivity contribution is 7.70. The van der Waals surface area contributed by atoms with Gasteiger partial charge in [0.15, 0.2) is 0 Å². The van der Waals surface area contributed by atoms with Gasteiger partial charge in [-0.3, -0.25) is 14.0 Å². The Morgan fingerprint density at radius 1 is 1.00 bits per heavy atom. The van der Waals surface area contributed by atoms with Gasteiger partial charge in [0.05, 0.1) is 17.1 Å². The number of hydrogen-bond donors (Lipinski definition) is 0. The summed E-state index contributed by atoms with van der Waals surface area (Å²) >= 11 is 0. The van der Waals surface area contributed by atoms with Crippen LogP contribution in [0.4, 0.5) is 4.39 Å². The highest BCUT2D eigenvalue weighted by atomic mass is 31.2. The van der Waals surface area contributed by atoms with Crippen LogP contribution < -0.4 is 11.0 Å². The third-order valence-corrected chi connectivity index (χ3v) is 8.72. The van der Waals surface area contributed by atoms with Crippen molar-refractivity contribution < 1.29 is 8.96 Å². The van der Waals surface area contributed by atoms with Crippen molar-refractivity contribution in [3.8, 4) is 17.2 Å². The summed E-state index contributed by atoms with van der Waals surface area (Å²) in [4.78, 5) is 16.0. The normalized spacial score (nSPS) is 16.4. The summed E-state index contributed by atoms with van der Waals surface area (Å²) in [6.07, 6.45) is 4.25. The number of aromatic nitrogens is 4. The number of hydrogen-bond acceptors (Lipinski definition) is 4. The highest BCUT2D eigenvalue weighted by Crippen LogP contribution is 2.36. The van der Waals surface area contributed by atoms with E-state index in [-0.39, 0.29) is 17.5 Å². The first-order chi connectivity index (χ1) is 17.0. The fourth-order valence-corrected chi connectivity index (χ4v) is 5.81. The average Bonchev–Trinajstić information content (AvgIpc) is 3.39. The van der Waals surface area contributed by atoms with Crippen LogP contribution in [-0.4, -0.2) is 50.7 Å². The fraction of sp³-hybridized carbons (Fsp3) is 0.333. The third-order valence-electron chi connectivity index (χ3n) is 7.17. The van der Waals surface area contributed by atoms with Crippen LogP contribution in [-0.2, 0) is 11.0 Å². The number of benzene rings is 2. The second-order valence-electron chi connectivity index (χ2n) is 10.1. The van der Waals surface area contributed by atoms with Crippen LogP contribution in [0.15, 0.2) is 53.6 Å². The Bertz CT molecular complexity index is 1550. The number of imidazole rings is 1. The van der Waals surface area contributed by atoms with Crippen LogP contribution in [0.25, 0.3) is 17.2 Å². The van der Waals surface area contributed by atoms with Crippen LogP contribution in [0.3, 0.4) is 0 Å². The van der Waals surface area contributed by atoms with Crippen LogP contribution >= 0.6 is 7.14 Å². The summed E-state index contributed by atoms with van der Waals surface area (Å²) in [5.74, 6) is 0.433. The molecule has 2 aromatic heterocycles. The molecule has 3 heterocycles. The maximum absolute atomic E-state index is 14.4. The molecule has 2 aromatic carbocycles. The van der Waals surface area contributed by atoms with Gasteiger partial charge in [-0.05, 0) is 88.7 Å². The van der Waals surface area contributed by atoms with Crippen molar-refractivity contribution in [2.75, 3.05) is 26.9 Å². The van der Waals surface area contributed by atoms with Crippen molar-refractivity contribution >= 4 is 12.4 Å². The Labute approximate surface area is 210 Å². The molecule has 0 bridgehead atoms. The highest BCUT2D eigenvalue weighted by Gasteiger charge is 2.31. The van der Waals surface area contributed by atoms with Crippen molar-refractivity contribution in [3.05, 3.63) is 87.5 Å². The van der Waals surface area contributed by atoms with E-state index in [1.54, 1.807) is 65.5 Å². The minimum absolute atomic E-state index is 0.0536. The van der Waals surface area contributed by atoms with Gasteiger partial charge < -0.3 is 4.57 Å². The lowest BCUT2D eigenvalue weighted by Gasteiger charge is -2.29. The molecule has 0 fully saturated rings. The third kappa shape index (κ3) is 3.98. The van der Waals surface area contributed by atoms with E-state index in [0.29, 0.717) is 22.6 Å². The average molecular weight is 508 g/mol. The number of halogens is 1. The minimum Gasteiger partial charge on any atom is -0.319 e. The molecule has 4 aromatic rings. The molecule has 0 saturated heterocycles. The van der Waals surface area contributed by atoms with Gasteiger partial charge in [-0.2, -0.15) is 5.10 Å². The Kier molecular flexibility index (Phi) is 5.92. The Balaban J connectivity index is 1.71. The molecule has 1 aliphatic heterocycles. The second kappa shape index (κ2) is 8.71. The molecule has 0 aliphatic carbocycles. The zero-order valence-corrected chi connectivity index (χ0v) is 22.4. The van der Waals surface area contributed by atoms with Gasteiger partial charge in [0, 0.05) is 42.3 Å². The molecule has 0 spiro atoms. The fourth-order valence-electron chi connectivity index (χ4n) is 4.94. The zero-order valence-electron chi connectivity index (χ0n) is 21.5. The Morgan fingerprint density at radius 2 is 1.61 bits per heavy atom. The van der Waals surface area contributed by atoms with Gasteiger partial charge in [0.25, 0.3) is 0 Å². The van der Waals surface area contributed by atoms with Crippen LogP contribution in [0, 0.1) is 19.7 Å². The van der Waals surface area contributed by atoms with E-state index < -0.39 is 7.14 Å². The molecule has 0 amide bonds. The van der Waals surface area contributed by atoms with Crippen molar-refractivity contribution in [1.82, 2.24) is 23.8 Å². The zero-order chi connectivity index (χ0) is 25.9. The van der Waals surface area contributed by atoms with E-state index in [1.165, 1.54) is 0 Å². The monoisotopic (exact) mass is 507 g/mol. The molecule has 1 aliphatic rings. The lowest BCUT2D eigenvalue weighted by Crippen LogP contribution is -2.31. The minimum atomic E-state index is -2.39. The summed E-state index contributed by atoms with van der Waals surface area (Å²) in [5.41, 5.74) is 4.18. The van der Waals surface area contributed by atoms with E-state index >= 15 is 0 Å². The first-order valence-electron chi connectivity index (χ1n) is 12.0. The van der Waals surface area contributed by atoms with E-state index in [0.717, 1.165) is 35.2 Å². The predicted octanol–water partition coefficient (Wildman–Crippen LogP) is 4.37. The first kappa shape index (κ1) is 24.5. The number of rotatable bonds is 4. The summed E-state index contributed by atoms with van der Waals surface area (Å²) in [6.45, 7) is 9.92. The molecule has 0 saturated carbocycles. The van der Waals surface area contributed by atoms with Crippen LogP contribution in [0.5, 0.6) is 0 Å². The molecule has 188 valence electrons. The molecule has 1 unspecified atom stereocenters. The molecule has 36 heavy (non-hydrogen) atoms. The van der Waals surface area contributed by atoms with Crippen molar-refractivity contribution in [2.45, 2.75) is 33.2 Å². The standard InChI is InChI=1S/C27H31FN5O2P/c1-17-15-21(16-18(2)25(17)28)33-26(24-19(3)30(4)12-11-23(24)29-33)32-14-13-31(27(32)34)20-7-9-22(10-8-20)36(5,6)35/h7-10,13-16,19H,11-12H2,1-6H3. The Morgan fingerprint density at radius 3 is 2.22 bits per heavy atom. The second-order valence-corrected chi connectivity index (χ2v) is 13.3. The summed E-state index contributed by atoms with van der Waals surface area (Å²) in [5, 5.41) is 5.69. The van der Waals surface area contributed by atoms with Gasteiger partial charge in [-0.15, -0.1) is 0 Å². The van der Waals surface area contributed by atoms with Gasteiger partial charge in [0.1, 0.15) is 18.8 Å². The summed E-state index contributed by atoms with van der Waals surface area (Å²) in [7, 11) is -0.324. The lowest BCUT2D eigenvalue weighted by atomic mass is 10.00. The molecular weight excluding hydrogens is 476 g/mol. The summed E-state index contributed by atoms with van der Waals surface area (Å²) < 4.78 is 31.8. The quantitative estimate of drug-likeness (QED) is 0.385. The van der Waals surface area contributed by atoms with Crippen molar-refractivity contribution in [1.29, 1.82) is 0 Å². The van der Waals surface area contributed by atoms with Crippen LogP contribution in [0.2, 0.25) is 0 Å². The molecule has 1 atom stereocenters. The predicted molar refractivity (Wildman–Crippen MR) is 142 cm³/mol. The lowest BCUT2D eigenvalue weighted by molar-refractivity contribution is 0.246. The van der Waals surface area contributed by atoms with Crippen molar-refractivity contribution in [2.24, 2.45) is 0 Å². The molecule has 5 rings (SSSR count). The largest absolute Gasteiger partial charge is 0.338 e. The van der Waals surface area contributed by atoms with Gasteiger partial charge >= 0.3 is 5.69 Å². The molecular formula is C27H31FN5O2P. The topological polar surface area (TPSA) is 65.1 Å². The van der Waals surface area contributed by atoms with Crippen LogP contribution in [0.1, 0.15) is 35.3 Å². The maximum Gasteiger partial charge on any atom is 0.338 e.